The van der Waals surface area contributed by atoms with Gasteiger partial charge in [-0.2, -0.15) is 0 Å². The molecule has 9 nitrogen and oxygen atoms in total. The average molecular weight is 522 g/mol. The van der Waals surface area contributed by atoms with Crippen molar-refractivity contribution in [3.63, 3.8) is 0 Å². The molecule has 0 radical (unpaired) electrons. The van der Waals surface area contributed by atoms with Crippen LogP contribution in [0.4, 0.5) is 0 Å². The van der Waals surface area contributed by atoms with Crippen LogP contribution in [0, 0.1) is 0 Å². The molecule has 0 aliphatic carbocycles. The van der Waals surface area contributed by atoms with Crippen LogP contribution < -0.4 is 16.8 Å². The molecular formula is C28H51N5O4. The summed E-state index contributed by atoms with van der Waals surface area (Å²) in [5, 5.41) is 3.23. The van der Waals surface area contributed by atoms with Gasteiger partial charge in [0.1, 0.15) is 5.76 Å². The molecule has 1 aromatic rings. The monoisotopic (exact) mass is 521 g/mol. The zero-order valence-corrected chi connectivity index (χ0v) is 23.1. The summed E-state index contributed by atoms with van der Waals surface area (Å²) in [6.07, 6.45) is 17.1. The first-order valence-electron chi connectivity index (χ1n) is 14.2. The summed E-state index contributed by atoms with van der Waals surface area (Å²) in [5.74, 6) is -0.550. The minimum absolute atomic E-state index is 0.114. The van der Waals surface area contributed by atoms with Crippen LogP contribution in [0.1, 0.15) is 96.2 Å². The molecule has 0 saturated heterocycles. The van der Waals surface area contributed by atoms with E-state index in [2.05, 4.69) is 12.2 Å². The van der Waals surface area contributed by atoms with Gasteiger partial charge in [0.05, 0.1) is 32.4 Å². The Morgan fingerprint density at radius 3 is 2.05 bits per heavy atom. The Bertz CT molecular complexity index is 726. The summed E-state index contributed by atoms with van der Waals surface area (Å²) in [6, 6.07) is 3.44. The topological polar surface area (TPSA) is 135 Å². The van der Waals surface area contributed by atoms with Gasteiger partial charge >= 0.3 is 0 Å². The Kier molecular flexibility index (Phi) is 19.1. The van der Waals surface area contributed by atoms with Crippen LogP contribution >= 0.6 is 0 Å². The second-order valence-corrected chi connectivity index (χ2v) is 9.82. The van der Waals surface area contributed by atoms with Crippen molar-refractivity contribution in [2.45, 2.75) is 96.9 Å². The highest BCUT2D eigenvalue weighted by Gasteiger charge is 2.23. The number of primary amides is 1. The van der Waals surface area contributed by atoms with Crippen molar-refractivity contribution < 1.29 is 18.8 Å². The molecule has 0 saturated carbocycles. The predicted octanol–water partition coefficient (Wildman–Crippen LogP) is 3.56. The van der Waals surface area contributed by atoms with Gasteiger partial charge in [-0.1, -0.05) is 71.1 Å². The quantitative estimate of drug-likeness (QED) is 0.178. The van der Waals surface area contributed by atoms with Gasteiger partial charge in [0.15, 0.2) is 0 Å². The number of amides is 3. The molecular weight excluding hydrogens is 470 g/mol. The Hall–Kier alpha value is -2.39. The molecule has 0 unspecified atom stereocenters. The molecule has 0 spiro atoms. The van der Waals surface area contributed by atoms with Crippen molar-refractivity contribution in [1.29, 1.82) is 0 Å². The third-order valence-electron chi connectivity index (χ3n) is 6.42. The lowest BCUT2D eigenvalue weighted by atomic mass is 10.1. The number of carbonyl (C=O) groups is 3. The lowest BCUT2D eigenvalue weighted by Crippen LogP contribution is -2.47. The van der Waals surface area contributed by atoms with E-state index in [-0.39, 0.29) is 38.0 Å². The molecule has 0 bridgehead atoms. The smallest absolute Gasteiger partial charge is 0.243 e. The number of nitrogens with zero attached hydrogens (tertiary/aromatic N) is 2. The Labute approximate surface area is 223 Å². The Morgan fingerprint density at radius 2 is 1.49 bits per heavy atom. The van der Waals surface area contributed by atoms with Crippen molar-refractivity contribution in [3.8, 4) is 0 Å². The molecule has 212 valence electrons. The predicted molar refractivity (Wildman–Crippen MR) is 148 cm³/mol. The standard InChI is InChI=1S/C28H51N5O4/c1-2-3-4-5-6-7-8-9-10-11-13-18-31-21-27(35)32(19-14-12-17-29)24-28(36)33(23-26(30)34)22-25-16-15-20-37-25/h15-16,20,31H,2-14,17-19,21-24,29H2,1H3,(H2,30,34). The van der Waals surface area contributed by atoms with Gasteiger partial charge in [-0.25, -0.2) is 0 Å². The molecule has 3 amide bonds. The highest BCUT2D eigenvalue weighted by Crippen LogP contribution is 2.11. The summed E-state index contributed by atoms with van der Waals surface area (Å²) in [4.78, 5) is 40.2. The summed E-state index contributed by atoms with van der Waals surface area (Å²) < 4.78 is 5.31. The molecule has 0 aromatic carbocycles. The zero-order chi connectivity index (χ0) is 27.1. The summed E-state index contributed by atoms with van der Waals surface area (Å²) in [6.45, 7) is 3.95. The molecule has 0 aliphatic heterocycles. The molecule has 0 atom stereocenters. The van der Waals surface area contributed by atoms with Crippen LogP contribution in [0.2, 0.25) is 0 Å². The third kappa shape index (κ3) is 16.9. The molecule has 5 N–H and O–H groups in total. The number of nitrogens with one attached hydrogen (secondary N) is 1. The number of nitrogens with two attached hydrogens (primary N) is 2. The minimum atomic E-state index is -0.616. The van der Waals surface area contributed by atoms with Crippen molar-refractivity contribution in [3.05, 3.63) is 24.2 Å². The normalized spacial score (nSPS) is 11.0. The fourth-order valence-corrected chi connectivity index (χ4v) is 4.23. The van der Waals surface area contributed by atoms with Crippen molar-refractivity contribution >= 4 is 17.7 Å². The van der Waals surface area contributed by atoms with Gasteiger partial charge in [0.25, 0.3) is 0 Å². The fourth-order valence-electron chi connectivity index (χ4n) is 4.23. The molecule has 1 aromatic heterocycles. The SMILES string of the molecule is CCCCCCCCCCCCCNCC(=O)N(CCCCN)CC(=O)N(CC(N)=O)Cc1ccco1. The largest absolute Gasteiger partial charge is 0.467 e. The Morgan fingerprint density at radius 1 is 0.838 bits per heavy atom. The van der Waals surface area contributed by atoms with Crippen molar-refractivity contribution in [1.82, 2.24) is 15.1 Å². The van der Waals surface area contributed by atoms with Crippen LogP contribution in [0.25, 0.3) is 0 Å². The first-order valence-corrected chi connectivity index (χ1v) is 14.2. The van der Waals surface area contributed by atoms with Gasteiger partial charge in [-0.15, -0.1) is 0 Å². The van der Waals surface area contributed by atoms with E-state index in [1.165, 1.54) is 69.0 Å². The second-order valence-electron chi connectivity index (χ2n) is 9.82. The average Bonchev–Trinajstić information content (AvgIpc) is 3.38. The summed E-state index contributed by atoms with van der Waals surface area (Å²) in [7, 11) is 0. The number of rotatable bonds is 24. The maximum atomic E-state index is 13.0. The van der Waals surface area contributed by atoms with E-state index in [1.54, 1.807) is 17.0 Å². The Balaban J connectivity index is 2.36. The molecule has 1 heterocycles. The van der Waals surface area contributed by atoms with E-state index in [0.29, 0.717) is 25.3 Å². The number of hydrogen-bond donors (Lipinski definition) is 3. The van der Waals surface area contributed by atoms with Crippen LogP contribution in [0.3, 0.4) is 0 Å². The van der Waals surface area contributed by atoms with Gasteiger partial charge in [-0.3, -0.25) is 14.4 Å². The van der Waals surface area contributed by atoms with Gasteiger partial charge in [0, 0.05) is 6.54 Å². The van der Waals surface area contributed by atoms with E-state index >= 15 is 0 Å². The van der Waals surface area contributed by atoms with E-state index in [4.69, 9.17) is 15.9 Å². The minimum Gasteiger partial charge on any atom is -0.467 e. The van der Waals surface area contributed by atoms with Crippen LogP contribution in [-0.4, -0.2) is 66.8 Å². The van der Waals surface area contributed by atoms with E-state index in [0.717, 1.165) is 25.8 Å². The molecule has 0 aliphatic rings. The maximum absolute atomic E-state index is 13.0. The lowest BCUT2D eigenvalue weighted by molar-refractivity contribution is -0.142. The molecule has 9 heteroatoms. The van der Waals surface area contributed by atoms with Crippen LogP contribution in [-0.2, 0) is 20.9 Å². The third-order valence-corrected chi connectivity index (χ3v) is 6.42. The summed E-state index contributed by atoms with van der Waals surface area (Å²) in [5.41, 5.74) is 11.0. The van der Waals surface area contributed by atoms with Crippen molar-refractivity contribution in [2.75, 3.05) is 39.3 Å². The maximum Gasteiger partial charge on any atom is 0.243 e. The molecule has 37 heavy (non-hydrogen) atoms. The number of furan rings is 1. The molecule has 1 rings (SSSR count). The zero-order valence-electron chi connectivity index (χ0n) is 23.1. The summed E-state index contributed by atoms with van der Waals surface area (Å²) >= 11 is 0. The van der Waals surface area contributed by atoms with E-state index in [1.807, 2.05) is 0 Å². The van der Waals surface area contributed by atoms with Gasteiger partial charge in [0.2, 0.25) is 17.7 Å². The van der Waals surface area contributed by atoms with E-state index in [9.17, 15) is 14.4 Å². The first kappa shape index (κ1) is 32.6. The van der Waals surface area contributed by atoms with Gasteiger partial charge in [-0.05, 0) is 44.5 Å². The van der Waals surface area contributed by atoms with E-state index < -0.39 is 5.91 Å². The lowest BCUT2D eigenvalue weighted by Gasteiger charge is -2.27. The van der Waals surface area contributed by atoms with Gasteiger partial charge < -0.3 is 31.0 Å². The van der Waals surface area contributed by atoms with Crippen LogP contribution in [0.5, 0.6) is 0 Å². The fraction of sp³-hybridized carbons (Fsp3) is 0.750. The van der Waals surface area contributed by atoms with Crippen molar-refractivity contribution in [2.24, 2.45) is 11.5 Å². The number of hydrogen-bond acceptors (Lipinski definition) is 6. The molecule has 0 fully saturated rings. The second kappa shape index (κ2) is 21.7. The van der Waals surface area contributed by atoms with Crippen LogP contribution in [0.15, 0.2) is 22.8 Å². The highest BCUT2D eigenvalue weighted by molar-refractivity contribution is 5.88. The first-order chi connectivity index (χ1) is 18.0. The number of carbonyl (C=O) groups excluding carboxylic acids is 3. The number of unbranched alkanes of at least 4 members (excludes halogenated alkanes) is 11. The highest BCUT2D eigenvalue weighted by atomic mass is 16.3.